The lowest BCUT2D eigenvalue weighted by Crippen LogP contribution is -1.92. The standard InChI is InChI=1S/C10H13ClO/c1-3-8-4-5-9(7(2)12)6-10(8)11/h4-7,12H,3H2,1-2H3. The third kappa shape index (κ3) is 1.99. The van der Waals surface area contributed by atoms with Crippen LogP contribution in [0.4, 0.5) is 0 Å². The van der Waals surface area contributed by atoms with Crippen molar-refractivity contribution in [1.29, 1.82) is 0 Å². The minimum Gasteiger partial charge on any atom is -0.389 e. The van der Waals surface area contributed by atoms with Crippen molar-refractivity contribution in [2.24, 2.45) is 0 Å². The van der Waals surface area contributed by atoms with Crippen molar-refractivity contribution in [3.05, 3.63) is 34.3 Å². The monoisotopic (exact) mass is 184 g/mol. The molecule has 1 nitrogen and oxygen atoms in total. The zero-order valence-corrected chi connectivity index (χ0v) is 8.10. The van der Waals surface area contributed by atoms with Crippen LogP contribution in [-0.4, -0.2) is 5.11 Å². The van der Waals surface area contributed by atoms with Gasteiger partial charge < -0.3 is 5.11 Å². The van der Waals surface area contributed by atoms with E-state index < -0.39 is 6.10 Å². The van der Waals surface area contributed by atoms with Crippen molar-refractivity contribution in [3.8, 4) is 0 Å². The van der Waals surface area contributed by atoms with Gasteiger partial charge in [0, 0.05) is 5.02 Å². The Morgan fingerprint density at radius 3 is 2.58 bits per heavy atom. The van der Waals surface area contributed by atoms with Crippen LogP contribution in [0.25, 0.3) is 0 Å². The molecule has 2 heteroatoms. The molecule has 0 bridgehead atoms. The van der Waals surface area contributed by atoms with E-state index in [1.165, 1.54) is 0 Å². The zero-order chi connectivity index (χ0) is 9.14. The first-order valence-corrected chi connectivity index (χ1v) is 4.49. The molecule has 0 aromatic heterocycles. The molecule has 1 rings (SSSR count). The van der Waals surface area contributed by atoms with Gasteiger partial charge in [-0.3, -0.25) is 0 Å². The van der Waals surface area contributed by atoms with E-state index in [-0.39, 0.29) is 0 Å². The fourth-order valence-electron chi connectivity index (χ4n) is 1.11. The van der Waals surface area contributed by atoms with Crippen molar-refractivity contribution in [1.82, 2.24) is 0 Å². The summed E-state index contributed by atoms with van der Waals surface area (Å²) in [4.78, 5) is 0. The molecule has 1 aromatic rings. The van der Waals surface area contributed by atoms with Crippen LogP contribution in [0, 0.1) is 0 Å². The van der Waals surface area contributed by atoms with Crippen molar-refractivity contribution in [3.63, 3.8) is 0 Å². The van der Waals surface area contributed by atoms with Gasteiger partial charge in [-0.25, -0.2) is 0 Å². The number of hydrogen-bond donors (Lipinski definition) is 1. The molecular weight excluding hydrogens is 172 g/mol. The van der Waals surface area contributed by atoms with E-state index in [0.29, 0.717) is 0 Å². The van der Waals surface area contributed by atoms with E-state index in [0.717, 1.165) is 22.6 Å². The summed E-state index contributed by atoms with van der Waals surface area (Å²) >= 11 is 5.96. The second-order valence-electron chi connectivity index (χ2n) is 2.88. The van der Waals surface area contributed by atoms with Crippen molar-refractivity contribution >= 4 is 11.6 Å². The first-order chi connectivity index (χ1) is 5.65. The molecule has 1 unspecified atom stereocenters. The number of aliphatic hydroxyl groups is 1. The molecule has 1 atom stereocenters. The maximum Gasteiger partial charge on any atom is 0.0762 e. The number of rotatable bonds is 2. The van der Waals surface area contributed by atoms with Gasteiger partial charge >= 0.3 is 0 Å². The molecule has 0 heterocycles. The quantitative estimate of drug-likeness (QED) is 0.750. The van der Waals surface area contributed by atoms with Crippen molar-refractivity contribution in [2.75, 3.05) is 0 Å². The molecule has 66 valence electrons. The number of hydrogen-bond acceptors (Lipinski definition) is 1. The van der Waals surface area contributed by atoms with E-state index in [1.54, 1.807) is 6.92 Å². The zero-order valence-electron chi connectivity index (χ0n) is 7.34. The Morgan fingerprint density at radius 1 is 1.50 bits per heavy atom. The molecule has 12 heavy (non-hydrogen) atoms. The molecule has 0 fully saturated rings. The van der Waals surface area contributed by atoms with E-state index in [9.17, 15) is 5.11 Å². The maximum absolute atomic E-state index is 9.25. The smallest absolute Gasteiger partial charge is 0.0762 e. The molecule has 0 saturated carbocycles. The van der Waals surface area contributed by atoms with Gasteiger partial charge in [0.2, 0.25) is 0 Å². The Labute approximate surface area is 78.0 Å². The molecule has 0 amide bonds. The predicted molar refractivity (Wildman–Crippen MR) is 51.5 cm³/mol. The summed E-state index contributed by atoms with van der Waals surface area (Å²) in [5.41, 5.74) is 2.00. The van der Waals surface area contributed by atoms with Crippen LogP contribution in [0.1, 0.15) is 31.1 Å². The summed E-state index contributed by atoms with van der Waals surface area (Å²) in [6, 6.07) is 5.70. The number of aliphatic hydroxyl groups excluding tert-OH is 1. The molecule has 1 aromatic carbocycles. The van der Waals surface area contributed by atoms with Crippen LogP contribution >= 0.6 is 11.6 Å². The summed E-state index contributed by atoms with van der Waals surface area (Å²) < 4.78 is 0. The topological polar surface area (TPSA) is 20.2 Å². The van der Waals surface area contributed by atoms with E-state index in [2.05, 4.69) is 6.92 Å². The van der Waals surface area contributed by atoms with Gasteiger partial charge in [-0.05, 0) is 30.5 Å². The first kappa shape index (κ1) is 9.56. The van der Waals surface area contributed by atoms with Gasteiger partial charge in [0.25, 0.3) is 0 Å². The Kier molecular flexibility index (Phi) is 3.12. The highest BCUT2D eigenvalue weighted by Crippen LogP contribution is 2.21. The first-order valence-electron chi connectivity index (χ1n) is 4.11. The number of halogens is 1. The van der Waals surface area contributed by atoms with Gasteiger partial charge in [-0.1, -0.05) is 30.7 Å². The van der Waals surface area contributed by atoms with Gasteiger partial charge in [-0.2, -0.15) is 0 Å². The third-order valence-electron chi connectivity index (χ3n) is 1.94. The third-order valence-corrected chi connectivity index (χ3v) is 2.29. The Bertz CT molecular complexity index is 269. The van der Waals surface area contributed by atoms with Crippen molar-refractivity contribution in [2.45, 2.75) is 26.4 Å². The van der Waals surface area contributed by atoms with E-state index in [1.807, 2.05) is 18.2 Å². The van der Waals surface area contributed by atoms with Gasteiger partial charge in [0.15, 0.2) is 0 Å². The van der Waals surface area contributed by atoms with E-state index >= 15 is 0 Å². The minimum absolute atomic E-state index is 0.437. The van der Waals surface area contributed by atoms with Crippen LogP contribution in [-0.2, 0) is 6.42 Å². The molecule has 0 aliphatic heterocycles. The molecule has 0 spiro atoms. The van der Waals surface area contributed by atoms with E-state index in [4.69, 9.17) is 11.6 Å². The summed E-state index contributed by atoms with van der Waals surface area (Å²) in [5, 5.41) is 10.00. The second kappa shape index (κ2) is 3.92. The van der Waals surface area contributed by atoms with Crippen LogP contribution in [0.2, 0.25) is 5.02 Å². The molecular formula is C10H13ClO. The predicted octanol–water partition coefficient (Wildman–Crippen LogP) is 2.96. The van der Waals surface area contributed by atoms with Gasteiger partial charge in [-0.15, -0.1) is 0 Å². The Morgan fingerprint density at radius 2 is 2.17 bits per heavy atom. The Hall–Kier alpha value is -0.530. The molecule has 1 N–H and O–H groups in total. The summed E-state index contributed by atoms with van der Waals surface area (Å²) in [6.07, 6.45) is 0.493. The molecule has 0 aliphatic carbocycles. The molecule has 0 aliphatic rings. The van der Waals surface area contributed by atoms with Crippen molar-refractivity contribution < 1.29 is 5.11 Å². The summed E-state index contributed by atoms with van der Waals surface area (Å²) in [5.74, 6) is 0. The average molecular weight is 185 g/mol. The highest BCUT2D eigenvalue weighted by atomic mass is 35.5. The van der Waals surface area contributed by atoms with Crippen LogP contribution in [0.15, 0.2) is 18.2 Å². The Balaban J connectivity index is 3.02. The lowest BCUT2D eigenvalue weighted by Gasteiger charge is -2.07. The summed E-state index contributed by atoms with van der Waals surface area (Å²) in [7, 11) is 0. The average Bonchev–Trinajstić information content (AvgIpc) is 2.04. The lowest BCUT2D eigenvalue weighted by atomic mass is 10.1. The fourth-order valence-corrected chi connectivity index (χ4v) is 1.43. The maximum atomic E-state index is 9.25. The SMILES string of the molecule is CCc1ccc(C(C)O)cc1Cl. The van der Waals surface area contributed by atoms with Crippen LogP contribution in [0.3, 0.4) is 0 Å². The molecule has 0 saturated heterocycles. The second-order valence-corrected chi connectivity index (χ2v) is 3.29. The van der Waals surface area contributed by atoms with Crippen LogP contribution < -0.4 is 0 Å². The van der Waals surface area contributed by atoms with Gasteiger partial charge in [0.1, 0.15) is 0 Å². The normalized spacial score (nSPS) is 13.0. The number of aryl methyl sites for hydroxylation is 1. The number of benzene rings is 1. The van der Waals surface area contributed by atoms with Gasteiger partial charge in [0.05, 0.1) is 6.10 Å². The minimum atomic E-state index is -0.437. The summed E-state index contributed by atoms with van der Waals surface area (Å²) in [6.45, 7) is 3.79. The lowest BCUT2D eigenvalue weighted by molar-refractivity contribution is 0.199. The molecule has 0 radical (unpaired) electrons. The fraction of sp³-hybridized carbons (Fsp3) is 0.400. The van der Waals surface area contributed by atoms with Crippen LogP contribution in [0.5, 0.6) is 0 Å². The largest absolute Gasteiger partial charge is 0.389 e. The highest BCUT2D eigenvalue weighted by molar-refractivity contribution is 6.31. The highest BCUT2D eigenvalue weighted by Gasteiger charge is 2.03.